The first-order valence-corrected chi connectivity index (χ1v) is 7.71. The molecule has 3 aromatic rings. The Morgan fingerprint density at radius 2 is 1.74 bits per heavy atom. The molecule has 0 unspecified atom stereocenters. The predicted octanol–water partition coefficient (Wildman–Crippen LogP) is 5.45. The van der Waals surface area contributed by atoms with E-state index in [4.69, 9.17) is 0 Å². The summed E-state index contributed by atoms with van der Waals surface area (Å²) in [5.74, 6) is 0. The normalized spacial score (nSPS) is 11.7. The smallest absolute Gasteiger partial charge is 0.388 e. The van der Waals surface area contributed by atoms with Crippen LogP contribution >= 0.6 is 11.8 Å². The van der Waals surface area contributed by atoms with Crippen LogP contribution in [0.3, 0.4) is 0 Å². The highest BCUT2D eigenvalue weighted by atomic mass is 32.2. The lowest BCUT2D eigenvalue weighted by molar-refractivity contribution is -0.137. The van der Waals surface area contributed by atoms with Crippen molar-refractivity contribution in [3.8, 4) is 0 Å². The van der Waals surface area contributed by atoms with Gasteiger partial charge in [-0.15, -0.1) is 0 Å². The zero-order chi connectivity index (χ0) is 16.4. The van der Waals surface area contributed by atoms with Gasteiger partial charge < -0.3 is 5.32 Å². The molecule has 0 saturated carbocycles. The second kappa shape index (κ2) is 6.12. The van der Waals surface area contributed by atoms with Crippen LogP contribution < -0.4 is 5.32 Å². The minimum Gasteiger partial charge on any atom is -0.388 e. The third-order valence-corrected chi connectivity index (χ3v) is 4.47. The summed E-state index contributed by atoms with van der Waals surface area (Å²) in [6.07, 6.45) is -2.61. The number of nitrogens with zero attached hydrogens (tertiary/aromatic N) is 1. The van der Waals surface area contributed by atoms with Gasteiger partial charge in [-0.25, -0.2) is 0 Å². The van der Waals surface area contributed by atoms with Crippen molar-refractivity contribution in [2.45, 2.75) is 16.0 Å². The quantitative estimate of drug-likeness (QED) is 0.690. The number of rotatable bonds is 3. The summed E-state index contributed by atoms with van der Waals surface area (Å²) in [5.41, 5.74) is 1.14. The fourth-order valence-corrected chi connectivity index (χ4v) is 3.21. The summed E-state index contributed by atoms with van der Waals surface area (Å²) < 4.78 is 37.8. The fraction of sp³-hybridized carbons (Fsp3) is 0.118. The molecule has 0 spiro atoms. The Bertz CT molecular complexity index is 829. The van der Waals surface area contributed by atoms with Crippen LogP contribution in [-0.2, 0) is 6.18 Å². The second-order valence-corrected chi connectivity index (χ2v) is 6.00. The molecule has 0 fully saturated rings. The molecule has 1 N–H and O–H groups in total. The van der Waals surface area contributed by atoms with E-state index in [1.807, 2.05) is 31.3 Å². The molecule has 3 rings (SSSR count). The monoisotopic (exact) mass is 334 g/mol. The van der Waals surface area contributed by atoms with Gasteiger partial charge in [0.25, 0.3) is 0 Å². The van der Waals surface area contributed by atoms with Crippen LogP contribution in [0.5, 0.6) is 0 Å². The van der Waals surface area contributed by atoms with Crippen LogP contribution in [0.15, 0.2) is 64.5 Å². The van der Waals surface area contributed by atoms with E-state index in [0.29, 0.717) is 0 Å². The Hall–Kier alpha value is -2.21. The van der Waals surface area contributed by atoms with E-state index in [-0.39, 0.29) is 0 Å². The zero-order valence-corrected chi connectivity index (χ0v) is 13.0. The Kier molecular flexibility index (Phi) is 4.17. The van der Waals surface area contributed by atoms with Crippen LogP contribution in [0, 0.1) is 0 Å². The van der Waals surface area contributed by atoms with Crippen LogP contribution in [-0.4, -0.2) is 12.0 Å². The number of pyridine rings is 1. The van der Waals surface area contributed by atoms with Crippen molar-refractivity contribution in [2.75, 3.05) is 12.4 Å². The molecule has 2 nitrogen and oxygen atoms in total. The molecule has 1 aromatic heterocycles. The molecular weight excluding hydrogens is 321 g/mol. The molecular formula is C17H13F3N2S. The molecule has 0 atom stereocenters. The molecule has 0 aliphatic rings. The topological polar surface area (TPSA) is 24.9 Å². The Labute approximate surface area is 135 Å². The molecule has 6 heteroatoms. The Morgan fingerprint density at radius 1 is 1.00 bits per heavy atom. The van der Waals surface area contributed by atoms with Gasteiger partial charge in [-0.1, -0.05) is 11.8 Å². The molecule has 0 aliphatic heterocycles. The average Bonchev–Trinajstić information content (AvgIpc) is 2.55. The molecule has 0 bridgehead atoms. The van der Waals surface area contributed by atoms with E-state index in [9.17, 15) is 13.2 Å². The zero-order valence-electron chi connectivity index (χ0n) is 12.2. The largest absolute Gasteiger partial charge is 0.416 e. The maximum absolute atomic E-state index is 12.6. The van der Waals surface area contributed by atoms with Gasteiger partial charge in [0.15, 0.2) is 0 Å². The summed E-state index contributed by atoms with van der Waals surface area (Å²) in [6, 6.07) is 12.8. The van der Waals surface area contributed by atoms with Gasteiger partial charge in [0.1, 0.15) is 0 Å². The molecule has 2 aromatic carbocycles. The molecule has 1 heterocycles. The highest BCUT2D eigenvalue weighted by molar-refractivity contribution is 7.99. The molecule has 23 heavy (non-hydrogen) atoms. The lowest BCUT2D eigenvalue weighted by atomic mass is 10.2. The second-order valence-electron chi connectivity index (χ2n) is 4.89. The third-order valence-electron chi connectivity index (χ3n) is 3.41. The van der Waals surface area contributed by atoms with Crippen molar-refractivity contribution < 1.29 is 13.2 Å². The van der Waals surface area contributed by atoms with Crippen molar-refractivity contribution >= 4 is 28.4 Å². The maximum Gasteiger partial charge on any atom is 0.416 e. The van der Waals surface area contributed by atoms with Crippen LogP contribution in [0.2, 0.25) is 0 Å². The van der Waals surface area contributed by atoms with Gasteiger partial charge in [-0.2, -0.15) is 13.2 Å². The Balaban J connectivity index is 1.96. The number of benzene rings is 2. The molecule has 0 aliphatic carbocycles. The Morgan fingerprint density at radius 3 is 2.39 bits per heavy atom. The summed E-state index contributed by atoms with van der Waals surface area (Å²) in [5, 5.41) is 4.09. The van der Waals surface area contributed by atoms with E-state index in [2.05, 4.69) is 10.3 Å². The predicted molar refractivity (Wildman–Crippen MR) is 86.9 cm³/mol. The van der Waals surface area contributed by atoms with E-state index < -0.39 is 11.7 Å². The average molecular weight is 334 g/mol. The van der Waals surface area contributed by atoms with Crippen molar-refractivity contribution in [3.05, 3.63) is 60.3 Å². The molecule has 118 valence electrons. The molecule has 0 amide bonds. The summed E-state index contributed by atoms with van der Waals surface area (Å²) in [6.45, 7) is 0. The fourth-order valence-electron chi connectivity index (χ4n) is 2.29. The third kappa shape index (κ3) is 3.27. The van der Waals surface area contributed by atoms with Gasteiger partial charge in [-0.3, -0.25) is 4.98 Å². The number of halogens is 3. The van der Waals surface area contributed by atoms with Gasteiger partial charge in [0.2, 0.25) is 0 Å². The standard InChI is InChI=1S/C17H13F3N2S/c1-21-14-8-9-15(16-13(14)3-2-10-22-16)23-12-6-4-11(5-7-12)17(18,19)20/h2-10,21H,1H3. The maximum atomic E-state index is 12.6. The van der Waals surface area contributed by atoms with Gasteiger partial charge >= 0.3 is 6.18 Å². The minimum atomic E-state index is -4.31. The number of alkyl halides is 3. The number of nitrogens with one attached hydrogen (secondary N) is 1. The number of anilines is 1. The van der Waals surface area contributed by atoms with Crippen molar-refractivity contribution in [1.82, 2.24) is 4.98 Å². The number of hydrogen-bond acceptors (Lipinski definition) is 3. The molecule has 0 saturated heterocycles. The van der Waals surface area contributed by atoms with Crippen LogP contribution in [0.25, 0.3) is 10.9 Å². The SMILES string of the molecule is CNc1ccc(Sc2ccc(C(F)(F)F)cc2)c2ncccc12. The van der Waals surface area contributed by atoms with E-state index in [1.54, 1.807) is 6.20 Å². The van der Waals surface area contributed by atoms with E-state index in [1.165, 1.54) is 23.9 Å². The van der Waals surface area contributed by atoms with Crippen molar-refractivity contribution in [1.29, 1.82) is 0 Å². The first-order valence-electron chi connectivity index (χ1n) is 6.89. The summed E-state index contributed by atoms with van der Waals surface area (Å²) in [7, 11) is 1.84. The van der Waals surface area contributed by atoms with E-state index >= 15 is 0 Å². The number of hydrogen-bond donors (Lipinski definition) is 1. The van der Waals surface area contributed by atoms with Crippen molar-refractivity contribution in [3.63, 3.8) is 0 Å². The van der Waals surface area contributed by atoms with Crippen LogP contribution in [0.4, 0.5) is 18.9 Å². The van der Waals surface area contributed by atoms with Gasteiger partial charge in [0.05, 0.1) is 11.1 Å². The highest BCUT2D eigenvalue weighted by Crippen LogP contribution is 2.37. The van der Waals surface area contributed by atoms with E-state index in [0.717, 1.165) is 38.5 Å². The van der Waals surface area contributed by atoms with Crippen molar-refractivity contribution in [2.24, 2.45) is 0 Å². The number of aromatic nitrogens is 1. The van der Waals surface area contributed by atoms with Gasteiger partial charge in [-0.05, 0) is 48.5 Å². The highest BCUT2D eigenvalue weighted by Gasteiger charge is 2.29. The summed E-state index contributed by atoms with van der Waals surface area (Å²) >= 11 is 1.40. The lowest BCUT2D eigenvalue weighted by Gasteiger charge is -2.11. The number of fused-ring (bicyclic) bond motifs is 1. The first kappa shape index (κ1) is 15.7. The lowest BCUT2D eigenvalue weighted by Crippen LogP contribution is -2.03. The van der Waals surface area contributed by atoms with Crippen LogP contribution in [0.1, 0.15) is 5.56 Å². The molecule has 0 radical (unpaired) electrons. The summed E-state index contributed by atoms with van der Waals surface area (Å²) in [4.78, 5) is 6.04. The van der Waals surface area contributed by atoms with Gasteiger partial charge in [0, 0.05) is 34.1 Å². The first-order chi connectivity index (χ1) is 11.0. The minimum absolute atomic E-state index is 0.643.